The first-order chi connectivity index (χ1) is 20.9. The van der Waals surface area contributed by atoms with E-state index in [-0.39, 0.29) is 36.3 Å². The molecule has 14 heteroatoms. The van der Waals surface area contributed by atoms with Crippen LogP contribution in [0.15, 0.2) is 60.8 Å². The minimum Gasteiger partial charge on any atom is -0.491 e. The molecule has 45 heavy (non-hydrogen) atoms. The maximum atomic E-state index is 13.4. The molecular formula is C31H31F6N3O5. The highest BCUT2D eigenvalue weighted by Gasteiger charge is 2.71. The smallest absolute Gasteiger partial charge is 0.430 e. The van der Waals surface area contributed by atoms with Crippen molar-refractivity contribution in [2.75, 3.05) is 0 Å². The van der Waals surface area contributed by atoms with Crippen molar-refractivity contribution in [3.8, 4) is 17.4 Å². The summed E-state index contributed by atoms with van der Waals surface area (Å²) in [7, 11) is 0. The number of aromatic nitrogens is 1. The van der Waals surface area contributed by atoms with Crippen molar-refractivity contribution in [3.05, 3.63) is 83.0 Å². The molecular weight excluding hydrogens is 608 g/mol. The fourth-order valence-corrected chi connectivity index (χ4v) is 4.93. The van der Waals surface area contributed by atoms with Gasteiger partial charge in [-0.3, -0.25) is 9.69 Å². The number of amides is 3. The van der Waals surface area contributed by atoms with Crippen LogP contribution in [0.5, 0.6) is 17.4 Å². The van der Waals surface area contributed by atoms with Crippen LogP contribution >= 0.6 is 0 Å². The predicted octanol–water partition coefficient (Wildman–Crippen LogP) is 6.89. The van der Waals surface area contributed by atoms with Gasteiger partial charge in [0.05, 0.1) is 12.6 Å². The van der Waals surface area contributed by atoms with Gasteiger partial charge in [-0.25, -0.2) is 9.78 Å². The third kappa shape index (κ3) is 6.56. The number of carbonyl (C=O) groups excluding carboxylic acids is 2. The van der Waals surface area contributed by atoms with Crippen molar-refractivity contribution in [1.29, 1.82) is 0 Å². The zero-order chi connectivity index (χ0) is 33.4. The average molecular weight is 640 g/mol. The molecule has 1 unspecified atom stereocenters. The van der Waals surface area contributed by atoms with Gasteiger partial charge >= 0.3 is 18.4 Å². The SMILES string of the molecule is CCCc1cc(C(O)(C(F)(F)F)C(F)(F)F)ccc1Oc1cc(CN2C(=O)NC(C)(c3ccc(OC(C)C)cc3)C2=O)ccn1. The minimum atomic E-state index is -6.03. The predicted molar refractivity (Wildman–Crippen MR) is 149 cm³/mol. The van der Waals surface area contributed by atoms with E-state index in [1.165, 1.54) is 18.3 Å². The highest BCUT2D eigenvalue weighted by atomic mass is 19.4. The third-order valence-electron chi connectivity index (χ3n) is 7.25. The normalized spacial score (nSPS) is 17.6. The van der Waals surface area contributed by atoms with Crippen LogP contribution in [0.2, 0.25) is 0 Å². The first-order valence-corrected chi connectivity index (χ1v) is 13.9. The number of rotatable bonds is 10. The van der Waals surface area contributed by atoms with Crippen molar-refractivity contribution in [1.82, 2.24) is 15.2 Å². The molecule has 1 aliphatic heterocycles. The van der Waals surface area contributed by atoms with E-state index in [0.29, 0.717) is 35.4 Å². The first-order valence-electron chi connectivity index (χ1n) is 13.9. The number of aryl methyl sites for hydroxylation is 1. The number of nitrogens with one attached hydrogen (secondary N) is 1. The van der Waals surface area contributed by atoms with E-state index in [1.807, 2.05) is 13.8 Å². The molecule has 1 aliphatic rings. The van der Waals surface area contributed by atoms with Crippen LogP contribution in [0.3, 0.4) is 0 Å². The second-order valence-corrected chi connectivity index (χ2v) is 11.0. The maximum Gasteiger partial charge on any atom is 0.430 e. The van der Waals surface area contributed by atoms with Gasteiger partial charge in [-0.15, -0.1) is 0 Å². The topological polar surface area (TPSA) is 101 Å². The standard InChI is InChI=1S/C31H31F6N3O5/c1-5-6-20-16-22(29(43,30(32,33)34)31(35,36)37)9-12-24(20)45-25-15-19(13-14-38-25)17-40-26(41)28(4,39-27(40)42)21-7-10-23(11-8-21)44-18(2)3/h7-16,18,43H,5-6,17H2,1-4H3,(H,39,42). The summed E-state index contributed by atoms with van der Waals surface area (Å²) in [4.78, 5) is 31.4. The van der Waals surface area contributed by atoms with E-state index in [9.17, 15) is 41.0 Å². The summed E-state index contributed by atoms with van der Waals surface area (Å²) in [5, 5.41) is 12.5. The van der Waals surface area contributed by atoms with Gasteiger partial charge in [0.2, 0.25) is 5.88 Å². The van der Waals surface area contributed by atoms with E-state index in [4.69, 9.17) is 9.47 Å². The highest BCUT2D eigenvalue weighted by Crippen LogP contribution is 2.50. The lowest BCUT2D eigenvalue weighted by molar-refractivity contribution is -0.376. The Morgan fingerprint density at radius 3 is 2.20 bits per heavy atom. The van der Waals surface area contributed by atoms with Gasteiger partial charge in [0.1, 0.15) is 17.0 Å². The highest BCUT2D eigenvalue weighted by molar-refractivity contribution is 6.07. The molecule has 2 heterocycles. The van der Waals surface area contributed by atoms with Gasteiger partial charge < -0.3 is 19.9 Å². The Morgan fingerprint density at radius 2 is 1.62 bits per heavy atom. The number of ether oxygens (including phenoxy) is 2. The molecule has 0 spiro atoms. The Morgan fingerprint density at radius 1 is 0.978 bits per heavy atom. The molecule has 3 aromatic rings. The summed E-state index contributed by atoms with van der Waals surface area (Å²) >= 11 is 0. The maximum absolute atomic E-state index is 13.4. The number of nitrogens with zero attached hydrogens (tertiary/aromatic N) is 2. The second-order valence-electron chi connectivity index (χ2n) is 11.0. The molecule has 0 bridgehead atoms. The lowest BCUT2D eigenvalue weighted by Crippen LogP contribution is -2.53. The third-order valence-corrected chi connectivity index (χ3v) is 7.25. The number of hydrogen-bond donors (Lipinski definition) is 2. The van der Waals surface area contributed by atoms with E-state index in [1.54, 1.807) is 38.1 Å². The molecule has 1 saturated heterocycles. The van der Waals surface area contributed by atoms with E-state index in [2.05, 4.69) is 10.3 Å². The molecule has 0 radical (unpaired) electrons. The molecule has 2 N–H and O–H groups in total. The van der Waals surface area contributed by atoms with Gasteiger partial charge in [-0.05, 0) is 74.2 Å². The van der Waals surface area contributed by atoms with Crippen molar-refractivity contribution in [2.45, 2.75) is 76.7 Å². The molecule has 1 atom stereocenters. The van der Waals surface area contributed by atoms with Crippen molar-refractivity contribution in [2.24, 2.45) is 0 Å². The molecule has 0 aliphatic carbocycles. The number of aliphatic hydroxyl groups is 1. The average Bonchev–Trinajstić information content (AvgIpc) is 3.16. The monoisotopic (exact) mass is 639 g/mol. The fraction of sp³-hybridized carbons (Fsp3) is 0.387. The van der Waals surface area contributed by atoms with Gasteiger partial charge in [0.15, 0.2) is 0 Å². The number of benzene rings is 2. The number of hydrogen-bond acceptors (Lipinski definition) is 6. The Hall–Kier alpha value is -4.33. The van der Waals surface area contributed by atoms with E-state index < -0.39 is 41.0 Å². The number of carbonyl (C=O) groups is 2. The number of pyridine rings is 1. The van der Waals surface area contributed by atoms with Gasteiger partial charge in [-0.2, -0.15) is 26.3 Å². The van der Waals surface area contributed by atoms with E-state index >= 15 is 0 Å². The second kappa shape index (κ2) is 12.2. The van der Waals surface area contributed by atoms with Crippen molar-refractivity contribution >= 4 is 11.9 Å². The summed E-state index contributed by atoms with van der Waals surface area (Å²) in [6.07, 6.45) is -10.4. The Bertz CT molecular complexity index is 1540. The lowest BCUT2D eigenvalue weighted by Gasteiger charge is -2.33. The largest absolute Gasteiger partial charge is 0.491 e. The summed E-state index contributed by atoms with van der Waals surface area (Å²) < 4.78 is 92.0. The van der Waals surface area contributed by atoms with Gasteiger partial charge in [-0.1, -0.05) is 31.5 Å². The number of alkyl halides is 6. The lowest BCUT2D eigenvalue weighted by atomic mass is 9.90. The van der Waals surface area contributed by atoms with Crippen LogP contribution < -0.4 is 14.8 Å². The summed E-state index contributed by atoms with van der Waals surface area (Å²) in [6.45, 7) is 6.80. The Labute approximate surface area is 255 Å². The summed E-state index contributed by atoms with van der Waals surface area (Å²) in [5.74, 6) is -0.0881. The molecule has 1 fully saturated rings. The van der Waals surface area contributed by atoms with Crippen LogP contribution in [0.1, 0.15) is 56.4 Å². The van der Waals surface area contributed by atoms with Crippen molar-refractivity contribution < 1.29 is 50.5 Å². The van der Waals surface area contributed by atoms with Crippen LogP contribution in [0.25, 0.3) is 0 Å². The van der Waals surface area contributed by atoms with Crippen LogP contribution in [-0.4, -0.2) is 45.4 Å². The fourth-order valence-electron chi connectivity index (χ4n) is 4.93. The molecule has 3 amide bonds. The molecule has 242 valence electrons. The van der Waals surface area contributed by atoms with Gasteiger partial charge in [0.25, 0.3) is 11.5 Å². The number of halogens is 6. The van der Waals surface area contributed by atoms with Crippen LogP contribution in [0, 0.1) is 0 Å². The first kappa shape index (κ1) is 33.6. The number of imide groups is 1. The zero-order valence-corrected chi connectivity index (χ0v) is 24.7. The summed E-state index contributed by atoms with van der Waals surface area (Å²) in [6, 6.07) is 11.0. The molecule has 8 nitrogen and oxygen atoms in total. The Kier molecular flexibility index (Phi) is 9.11. The van der Waals surface area contributed by atoms with Crippen LogP contribution in [0.4, 0.5) is 31.1 Å². The zero-order valence-electron chi connectivity index (χ0n) is 24.7. The quantitative estimate of drug-likeness (QED) is 0.185. The molecule has 4 rings (SSSR count). The summed E-state index contributed by atoms with van der Waals surface area (Å²) in [5.41, 5.74) is -6.92. The number of urea groups is 1. The Balaban J connectivity index is 1.56. The van der Waals surface area contributed by atoms with Gasteiger partial charge in [0, 0.05) is 17.8 Å². The molecule has 0 saturated carbocycles. The van der Waals surface area contributed by atoms with Crippen molar-refractivity contribution in [3.63, 3.8) is 0 Å². The minimum absolute atomic E-state index is 0.0243. The van der Waals surface area contributed by atoms with Crippen LogP contribution in [-0.2, 0) is 28.9 Å². The van der Waals surface area contributed by atoms with E-state index in [0.717, 1.165) is 11.0 Å². The molecule has 2 aromatic carbocycles. The molecule has 1 aromatic heterocycles.